The number of rotatable bonds is 4. The van der Waals surface area contributed by atoms with E-state index in [1.807, 2.05) is 23.6 Å². The lowest BCUT2D eigenvalue weighted by Crippen LogP contribution is -2.45. The first-order valence-corrected chi connectivity index (χ1v) is 8.34. The van der Waals surface area contributed by atoms with Crippen molar-refractivity contribution in [2.45, 2.75) is 13.8 Å². The third kappa shape index (κ3) is 3.05. The SMILES string of the molecule is CC(C)(CN1C(=O)/C(=C\c2cccs2)Oc2ccccc21)C(=O)O. The Morgan fingerprint density at radius 3 is 2.71 bits per heavy atom. The number of carboxylic acids is 1. The Balaban J connectivity index is 2.02. The molecule has 1 amide bonds. The summed E-state index contributed by atoms with van der Waals surface area (Å²) in [7, 11) is 0. The van der Waals surface area contributed by atoms with Crippen LogP contribution in [0.4, 0.5) is 5.69 Å². The molecule has 0 atom stereocenters. The molecule has 3 rings (SSSR count). The van der Waals surface area contributed by atoms with Crippen LogP contribution < -0.4 is 9.64 Å². The van der Waals surface area contributed by atoms with E-state index in [1.54, 1.807) is 38.1 Å². The lowest BCUT2D eigenvalue weighted by molar-refractivity contribution is -0.146. The second-order valence-corrected chi connectivity index (χ2v) is 7.15. The molecule has 24 heavy (non-hydrogen) atoms. The van der Waals surface area contributed by atoms with E-state index in [-0.39, 0.29) is 18.2 Å². The molecule has 124 valence electrons. The average molecular weight is 343 g/mol. The average Bonchev–Trinajstić information content (AvgIpc) is 3.04. The van der Waals surface area contributed by atoms with E-state index in [4.69, 9.17) is 4.74 Å². The van der Waals surface area contributed by atoms with Crippen molar-refractivity contribution in [3.63, 3.8) is 0 Å². The van der Waals surface area contributed by atoms with Crippen molar-refractivity contribution >= 4 is 35.0 Å². The van der Waals surface area contributed by atoms with Crippen LogP contribution >= 0.6 is 11.3 Å². The second-order valence-electron chi connectivity index (χ2n) is 6.17. The predicted octanol–water partition coefficient (Wildman–Crippen LogP) is 3.63. The summed E-state index contributed by atoms with van der Waals surface area (Å²) in [5.41, 5.74) is -0.492. The van der Waals surface area contributed by atoms with Gasteiger partial charge in [0.05, 0.1) is 11.1 Å². The number of carbonyl (C=O) groups excluding carboxylic acids is 1. The van der Waals surface area contributed by atoms with Gasteiger partial charge in [0.25, 0.3) is 5.91 Å². The first-order valence-electron chi connectivity index (χ1n) is 7.46. The van der Waals surface area contributed by atoms with Gasteiger partial charge in [-0.3, -0.25) is 9.59 Å². The van der Waals surface area contributed by atoms with Crippen molar-refractivity contribution < 1.29 is 19.4 Å². The molecule has 5 nitrogen and oxygen atoms in total. The van der Waals surface area contributed by atoms with Gasteiger partial charge < -0.3 is 14.7 Å². The third-order valence-corrected chi connectivity index (χ3v) is 4.60. The highest BCUT2D eigenvalue weighted by Gasteiger charge is 2.37. The van der Waals surface area contributed by atoms with Crippen molar-refractivity contribution in [3.8, 4) is 5.75 Å². The largest absolute Gasteiger partial charge is 0.481 e. The van der Waals surface area contributed by atoms with Gasteiger partial charge >= 0.3 is 5.97 Å². The Labute approximate surface area is 143 Å². The van der Waals surface area contributed by atoms with Crippen molar-refractivity contribution in [3.05, 3.63) is 52.4 Å². The van der Waals surface area contributed by atoms with Crippen LogP contribution in [0.3, 0.4) is 0 Å². The molecule has 0 bridgehead atoms. The van der Waals surface area contributed by atoms with Gasteiger partial charge in [-0.25, -0.2) is 0 Å². The molecular weight excluding hydrogens is 326 g/mol. The zero-order valence-electron chi connectivity index (χ0n) is 13.4. The molecule has 1 aliphatic heterocycles. The molecule has 0 saturated carbocycles. The van der Waals surface area contributed by atoms with Crippen LogP contribution in [0, 0.1) is 5.41 Å². The highest BCUT2D eigenvalue weighted by molar-refractivity contribution is 7.10. The third-order valence-electron chi connectivity index (χ3n) is 3.78. The van der Waals surface area contributed by atoms with E-state index in [2.05, 4.69) is 0 Å². The van der Waals surface area contributed by atoms with E-state index in [1.165, 1.54) is 16.2 Å². The van der Waals surface area contributed by atoms with Crippen LogP contribution in [0.5, 0.6) is 5.75 Å². The Kier molecular flexibility index (Phi) is 4.15. The summed E-state index contributed by atoms with van der Waals surface area (Å²) in [6.07, 6.45) is 1.68. The number of para-hydroxylation sites is 2. The van der Waals surface area contributed by atoms with Gasteiger partial charge in [0.15, 0.2) is 11.5 Å². The van der Waals surface area contributed by atoms with Crippen molar-refractivity contribution in [1.82, 2.24) is 0 Å². The maximum atomic E-state index is 12.9. The monoisotopic (exact) mass is 343 g/mol. The summed E-state index contributed by atoms with van der Waals surface area (Å²) in [5.74, 6) is -0.557. The number of thiophene rings is 1. The number of nitrogens with zero attached hydrogens (tertiary/aromatic N) is 1. The number of ether oxygens (including phenoxy) is 1. The summed E-state index contributed by atoms with van der Waals surface area (Å²) in [6.45, 7) is 3.26. The zero-order chi connectivity index (χ0) is 17.3. The summed E-state index contributed by atoms with van der Waals surface area (Å²) in [6, 6.07) is 10.9. The number of hydrogen-bond acceptors (Lipinski definition) is 4. The van der Waals surface area contributed by atoms with Crippen LogP contribution in [0.2, 0.25) is 0 Å². The Hall–Kier alpha value is -2.60. The highest BCUT2D eigenvalue weighted by Crippen LogP contribution is 2.37. The van der Waals surface area contributed by atoms with Gasteiger partial charge in [-0.2, -0.15) is 0 Å². The van der Waals surface area contributed by atoms with Gasteiger partial charge in [-0.15, -0.1) is 11.3 Å². The number of fused-ring (bicyclic) bond motifs is 1. The number of aliphatic carboxylic acids is 1. The highest BCUT2D eigenvalue weighted by atomic mass is 32.1. The number of carbonyl (C=O) groups is 2. The lowest BCUT2D eigenvalue weighted by Gasteiger charge is -2.34. The number of anilines is 1. The first kappa shape index (κ1) is 16.3. The fraction of sp³-hybridized carbons (Fsp3) is 0.222. The van der Waals surface area contributed by atoms with Gasteiger partial charge in [-0.1, -0.05) is 18.2 Å². The number of carboxylic acid groups (broad SMARTS) is 1. The van der Waals surface area contributed by atoms with Gasteiger partial charge in [0.2, 0.25) is 0 Å². The molecule has 1 aromatic heterocycles. The van der Waals surface area contributed by atoms with Crippen LogP contribution in [0.15, 0.2) is 47.5 Å². The molecule has 0 aliphatic carbocycles. The van der Waals surface area contributed by atoms with Gasteiger partial charge in [0.1, 0.15) is 0 Å². The van der Waals surface area contributed by atoms with Gasteiger partial charge in [0, 0.05) is 17.5 Å². The minimum Gasteiger partial charge on any atom is -0.481 e. The smallest absolute Gasteiger partial charge is 0.310 e. The Bertz CT molecular complexity index is 808. The fourth-order valence-corrected chi connectivity index (χ4v) is 3.03. The molecule has 1 N–H and O–H groups in total. The summed E-state index contributed by atoms with van der Waals surface area (Å²) < 4.78 is 5.75. The molecule has 2 aromatic rings. The zero-order valence-corrected chi connectivity index (χ0v) is 14.2. The molecular formula is C18H17NO4S. The number of hydrogen-bond donors (Lipinski definition) is 1. The van der Waals surface area contributed by atoms with E-state index in [9.17, 15) is 14.7 Å². The molecule has 1 aliphatic rings. The van der Waals surface area contributed by atoms with Gasteiger partial charge in [-0.05, 0) is 37.4 Å². The summed E-state index contributed by atoms with van der Waals surface area (Å²) >= 11 is 1.50. The van der Waals surface area contributed by atoms with Crippen LogP contribution in [0.25, 0.3) is 6.08 Å². The van der Waals surface area contributed by atoms with Crippen molar-refractivity contribution in [1.29, 1.82) is 0 Å². The minimum atomic E-state index is -1.08. The quantitative estimate of drug-likeness (QED) is 0.861. The normalized spacial score (nSPS) is 16.0. The Morgan fingerprint density at radius 1 is 1.29 bits per heavy atom. The maximum Gasteiger partial charge on any atom is 0.310 e. The molecule has 2 heterocycles. The van der Waals surface area contributed by atoms with E-state index in [0.29, 0.717) is 11.4 Å². The standard InChI is InChI=1S/C18H17NO4S/c1-18(2,17(21)22)11-19-13-7-3-4-8-14(13)23-15(16(19)20)10-12-6-5-9-24-12/h3-10H,11H2,1-2H3,(H,21,22)/b15-10+. The molecule has 0 saturated heterocycles. The fourth-order valence-electron chi connectivity index (χ4n) is 2.38. The topological polar surface area (TPSA) is 66.8 Å². The van der Waals surface area contributed by atoms with Crippen LogP contribution in [0.1, 0.15) is 18.7 Å². The molecule has 0 unspecified atom stereocenters. The summed E-state index contributed by atoms with van der Waals surface area (Å²) in [4.78, 5) is 26.7. The maximum absolute atomic E-state index is 12.9. The molecule has 0 spiro atoms. The number of benzene rings is 1. The molecule has 0 radical (unpaired) electrons. The lowest BCUT2D eigenvalue weighted by atomic mass is 9.92. The van der Waals surface area contributed by atoms with Crippen molar-refractivity contribution in [2.24, 2.45) is 5.41 Å². The molecule has 1 aromatic carbocycles. The number of amides is 1. The van der Waals surface area contributed by atoms with Crippen molar-refractivity contribution in [2.75, 3.05) is 11.4 Å². The predicted molar refractivity (Wildman–Crippen MR) is 93.1 cm³/mol. The molecule has 0 fully saturated rings. The second kappa shape index (κ2) is 6.13. The van der Waals surface area contributed by atoms with E-state index >= 15 is 0 Å². The van der Waals surface area contributed by atoms with Crippen LogP contribution in [-0.4, -0.2) is 23.5 Å². The van der Waals surface area contributed by atoms with Crippen LogP contribution in [-0.2, 0) is 9.59 Å². The van der Waals surface area contributed by atoms with E-state index < -0.39 is 11.4 Å². The van der Waals surface area contributed by atoms with E-state index in [0.717, 1.165) is 4.88 Å². The first-order chi connectivity index (χ1) is 11.4. The molecule has 6 heteroatoms. The Morgan fingerprint density at radius 2 is 2.04 bits per heavy atom. The summed E-state index contributed by atoms with van der Waals surface area (Å²) in [5, 5.41) is 11.3. The minimum absolute atomic E-state index is 0.0588.